The lowest BCUT2D eigenvalue weighted by Gasteiger charge is -2.36. The molecule has 0 amide bonds. The van der Waals surface area contributed by atoms with Gasteiger partial charge in [-0.3, -0.25) is 0 Å². The van der Waals surface area contributed by atoms with E-state index in [1.54, 1.807) is 0 Å². The van der Waals surface area contributed by atoms with Crippen molar-refractivity contribution in [2.45, 2.75) is 45.8 Å². The zero-order valence-corrected chi connectivity index (χ0v) is 8.45. The molecule has 1 aliphatic rings. The van der Waals surface area contributed by atoms with E-state index in [4.69, 9.17) is 0 Å². The minimum Gasteiger partial charge on any atom is -0.393 e. The van der Waals surface area contributed by atoms with Crippen molar-refractivity contribution in [2.75, 3.05) is 13.1 Å². The average molecular weight is 171 g/mol. The fourth-order valence-corrected chi connectivity index (χ4v) is 1.90. The number of aliphatic hydroxyl groups is 1. The molecule has 0 saturated carbocycles. The first-order valence-electron chi connectivity index (χ1n) is 5.03. The number of hydrogen-bond acceptors (Lipinski definition) is 2. The molecule has 0 aliphatic carbocycles. The second-order valence-corrected chi connectivity index (χ2v) is 4.23. The molecule has 0 spiro atoms. The third-order valence-corrected chi connectivity index (χ3v) is 2.90. The molecule has 1 rings (SSSR count). The van der Waals surface area contributed by atoms with Gasteiger partial charge in [0.15, 0.2) is 0 Å². The van der Waals surface area contributed by atoms with Crippen molar-refractivity contribution in [2.24, 2.45) is 5.92 Å². The minimum absolute atomic E-state index is 0.133. The summed E-state index contributed by atoms with van der Waals surface area (Å²) in [6.45, 7) is 8.65. The van der Waals surface area contributed by atoms with Gasteiger partial charge in [-0.2, -0.15) is 0 Å². The second kappa shape index (κ2) is 4.24. The van der Waals surface area contributed by atoms with Gasteiger partial charge in [0.05, 0.1) is 6.10 Å². The molecule has 1 aliphatic heterocycles. The van der Waals surface area contributed by atoms with Crippen molar-refractivity contribution in [3.05, 3.63) is 0 Å². The summed E-state index contributed by atoms with van der Waals surface area (Å²) in [5, 5.41) is 9.45. The van der Waals surface area contributed by atoms with Gasteiger partial charge in [0.25, 0.3) is 0 Å². The van der Waals surface area contributed by atoms with E-state index >= 15 is 0 Å². The molecule has 1 unspecified atom stereocenters. The van der Waals surface area contributed by atoms with Crippen LogP contribution in [0.1, 0.15) is 33.6 Å². The number of rotatable bonds is 2. The zero-order chi connectivity index (χ0) is 9.14. The van der Waals surface area contributed by atoms with Crippen molar-refractivity contribution in [3.63, 3.8) is 0 Å². The number of hydrogen-bond donors (Lipinski definition) is 1. The van der Waals surface area contributed by atoms with Gasteiger partial charge in [0.1, 0.15) is 0 Å². The summed E-state index contributed by atoms with van der Waals surface area (Å²) < 4.78 is 0. The molecule has 2 atom stereocenters. The van der Waals surface area contributed by atoms with Crippen LogP contribution in [0.3, 0.4) is 0 Å². The Balaban J connectivity index is 2.40. The smallest absolute Gasteiger partial charge is 0.0552 e. The Bertz CT molecular complexity index is 120. The lowest BCUT2D eigenvalue weighted by molar-refractivity contribution is 0.0507. The summed E-state index contributed by atoms with van der Waals surface area (Å²) in [5.74, 6) is 0.501. The Morgan fingerprint density at radius 1 is 1.33 bits per heavy atom. The van der Waals surface area contributed by atoms with Gasteiger partial charge in [-0.05, 0) is 46.1 Å². The molecule has 0 aromatic heterocycles. The first kappa shape index (κ1) is 10.0. The van der Waals surface area contributed by atoms with Crippen LogP contribution in [-0.4, -0.2) is 35.2 Å². The molecule has 12 heavy (non-hydrogen) atoms. The number of aliphatic hydroxyl groups excluding tert-OH is 1. The van der Waals surface area contributed by atoms with E-state index in [9.17, 15) is 5.11 Å². The summed E-state index contributed by atoms with van der Waals surface area (Å²) in [7, 11) is 0. The molecule has 0 bridgehead atoms. The van der Waals surface area contributed by atoms with Crippen molar-refractivity contribution in [1.82, 2.24) is 4.90 Å². The third-order valence-electron chi connectivity index (χ3n) is 2.90. The molecule has 2 heteroatoms. The Hall–Kier alpha value is -0.0800. The Morgan fingerprint density at radius 2 is 2.00 bits per heavy atom. The van der Waals surface area contributed by atoms with Crippen LogP contribution in [0.2, 0.25) is 0 Å². The highest BCUT2D eigenvalue weighted by Gasteiger charge is 2.24. The standard InChI is InChI=1S/C10H21NO/c1-8(2)11-6-4-5-10(7-11)9(3)12/h8-10,12H,4-7H2,1-3H3/t9?,10-/m1/s1. The van der Waals surface area contributed by atoms with Crippen LogP contribution in [0, 0.1) is 5.92 Å². The minimum atomic E-state index is -0.133. The highest BCUT2D eigenvalue weighted by atomic mass is 16.3. The number of nitrogens with zero attached hydrogens (tertiary/aromatic N) is 1. The third kappa shape index (κ3) is 2.46. The molecule has 0 aromatic carbocycles. The first-order chi connectivity index (χ1) is 5.61. The van der Waals surface area contributed by atoms with Gasteiger partial charge in [0.2, 0.25) is 0 Å². The Morgan fingerprint density at radius 3 is 2.50 bits per heavy atom. The van der Waals surface area contributed by atoms with E-state index in [2.05, 4.69) is 18.7 Å². The van der Waals surface area contributed by atoms with E-state index in [0.29, 0.717) is 12.0 Å². The van der Waals surface area contributed by atoms with Crippen LogP contribution in [-0.2, 0) is 0 Å². The van der Waals surface area contributed by atoms with E-state index in [1.165, 1.54) is 19.4 Å². The lowest BCUT2D eigenvalue weighted by Crippen LogP contribution is -2.42. The summed E-state index contributed by atoms with van der Waals surface area (Å²) >= 11 is 0. The quantitative estimate of drug-likeness (QED) is 0.680. The molecule has 1 saturated heterocycles. The van der Waals surface area contributed by atoms with Gasteiger partial charge >= 0.3 is 0 Å². The highest BCUT2D eigenvalue weighted by Crippen LogP contribution is 2.20. The highest BCUT2D eigenvalue weighted by molar-refractivity contribution is 4.77. The van der Waals surface area contributed by atoms with Crippen molar-refractivity contribution >= 4 is 0 Å². The largest absolute Gasteiger partial charge is 0.393 e. The molecule has 0 radical (unpaired) electrons. The molecule has 2 nitrogen and oxygen atoms in total. The second-order valence-electron chi connectivity index (χ2n) is 4.23. The normalized spacial score (nSPS) is 29.2. The topological polar surface area (TPSA) is 23.5 Å². The molecular formula is C10H21NO. The summed E-state index contributed by atoms with van der Waals surface area (Å²) in [6, 6.07) is 0.631. The van der Waals surface area contributed by atoms with Gasteiger partial charge < -0.3 is 10.0 Å². The summed E-state index contributed by atoms with van der Waals surface area (Å²) in [4.78, 5) is 2.46. The van der Waals surface area contributed by atoms with Crippen LogP contribution in [0.25, 0.3) is 0 Å². The van der Waals surface area contributed by atoms with Crippen molar-refractivity contribution < 1.29 is 5.11 Å². The van der Waals surface area contributed by atoms with Crippen LogP contribution in [0.15, 0.2) is 0 Å². The van der Waals surface area contributed by atoms with Gasteiger partial charge in [-0.15, -0.1) is 0 Å². The van der Waals surface area contributed by atoms with E-state index in [0.717, 1.165) is 6.54 Å². The fourth-order valence-electron chi connectivity index (χ4n) is 1.90. The van der Waals surface area contributed by atoms with Crippen LogP contribution < -0.4 is 0 Å². The van der Waals surface area contributed by atoms with Crippen LogP contribution >= 0.6 is 0 Å². The maximum absolute atomic E-state index is 9.45. The average Bonchev–Trinajstić information content (AvgIpc) is 2.04. The zero-order valence-electron chi connectivity index (χ0n) is 8.45. The van der Waals surface area contributed by atoms with Crippen molar-refractivity contribution in [1.29, 1.82) is 0 Å². The number of piperidine rings is 1. The van der Waals surface area contributed by atoms with E-state index < -0.39 is 0 Å². The Labute approximate surface area is 75.6 Å². The number of likely N-dealkylation sites (tertiary alicyclic amines) is 1. The van der Waals surface area contributed by atoms with Gasteiger partial charge in [-0.25, -0.2) is 0 Å². The molecule has 0 aromatic rings. The molecule has 1 N–H and O–H groups in total. The predicted molar refractivity (Wildman–Crippen MR) is 51.1 cm³/mol. The van der Waals surface area contributed by atoms with Crippen molar-refractivity contribution in [3.8, 4) is 0 Å². The first-order valence-corrected chi connectivity index (χ1v) is 5.03. The monoisotopic (exact) mass is 171 g/mol. The van der Waals surface area contributed by atoms with E-state index in [-0.39, 0.29) is 6.10 Å². The maximum atomic E-state index is 9.45. The van der Waals surface area contributed by atoms with Gasteiger partial charge in [-0.1, -0.05) is 0 Å². The predicted octanol–water partition coefficient (Wildman–Crippen LogP) is 1.49. The maximum Gasteiger partial charge on any atom is 0.0552 e. The van der Waals surface area contributed by atoms with Crippen LogP contribution in [0.4, 0.5) is 0 Å². The molecule has 72 valence electrons. The fraction of sp³-hybridized carbons (Fsp3) is 1.00. The molecule has 1 heterocycles. The SMILES string of the molecule is CC(O)[C@@H]1CCCN(C(C)C)C1. The Kier molecular flexibility index (Phi) is 3.53. The lowest BCUT2D eigenvalue weighted by atomic mass is 9.93. The molecule has 1 fully saturated rings. The van der Waals surface area contributed by atoms with Crippen LogP contribution in [0.5, 0.6) is 0 Å². The summed E-state index contributed by atoms with van der Waals surface area (Å²) in [5.41, 5.74) is 0. The molecular weight excluding hydrogens is 150 g/mol. The van der Waals surface area contributed by atoms with E-state index in [1.807, 2.05) is 6.92 Å². The van der Waals surface area contributed by atoms with Gasteiger partial charge in [0, 0.05) is 12.6 Å². The summed E-state index contributed by atoms with van der Waals surface area (Å²) in [6.07, 6.45) is 2.31.